The molecule has 1 aromatic carbocycles. The van der Waals surface area contributed by atoms with E-state index in [1.807, 2.05) is 20.8 Å². The zero-order valence-corrected chi connectivity index (χ0v) is 34.1. The molecular formula is C46H69N2O4. The van der Waals surface area contributed by atoms with E-state index in [1.165, 1.54) is 37.7 Å². The number of amides is 2. The molecule has 6 aliphatic rings. The van der Waals surface area contributed by atoms with Crippen LogP contribution in [0.4, 0.5) is 4.79 Å². The van der Waals surface area contributed by atoms with Crippen LogP contribution < -0.4 is 10.6 Å². The monoisotopic (exact) mass is 714 g/mol. The first-order valence-electron chi connectivity index (χ1n) is 21.0. The topological polar surface area (TPSA) is 84.5 Å². The van der Waals surface area contributed by atoms with Gasteiger partial charge in [0, 0.05) is 5.41 Å². The highest BCUT2D eigenvalue weighted by Gasteiger charge is 2.73. The number of ketones is 1. The largest absolute Gasteiger partial charge is 0.444 e. The zero-order chi connectivity index (χ0) is 37.7. The smallest absolute Gasteiger partial charge is 0.408 e. The Morgan fingerprint density at radius 3 is 2.15 bits per heavy atom. The summed E-state index contributed by atoms with van der Waals surface area (Å²) in [6.07, 6.45) is 14.2. The summed E-state index contributed by atoms with van der Waals surface area (Å²) in [4.78, 5) is 43.0. The minimum atomic E-state index is -1.03. The van der Waals surface area contributed by atoms with Gasteiger partial charge >= 0.3 is 6.09 Å². The molecule has 6 fully saturated rings. The van der Waals surface area contributed by atoms with Crippen molar-refractivity contribution in [3.05, 3.63) is 42.3 Å². The molecule has 0 spiro atoms. The maximum atomic E-state index is 15.5. The number of benzene rings is 1. The number of rotatable bonds is 6. The molecule has 2 N–H and O–H groups in total. The van der Waals surface area contributed by atoms with Gasteiger partial charge in [-0.25, -0.2) is 4.79 Å². The predicted octanol–water partition coefficient (Wildman–Crippen LogP) is 9.89. The van der Waals surface area contributed by atoms with Crippen molar-refractivity contribution in [2.75, 3.05) is 0 Å². The van der Waals surface area contributed by atoms with Crippen LogP contribution in [0.15, 0.2) is 30.3 Å². The summed E-state index contributed by atoms with van der Waals surface area (Å²) in [5, 5.41) is 6.36. The van der Waals surface area contributed by atoms with Crippen LogP contribution in [0.25, 0.3) is 0 Å². The molecule has 0 heterocycles. The molecule has 52 heavy (non-hydrogen) atoms. The molecule has 0 unspecified atom stereocenters. The van der Waals surface area contributed by atoms with Crippen molar-refractivity contribution in [2.24, 2.45) is 62.6 Å². The maximum absolute atomic E-state index is 15.5. The van der Waals surface area contributed by atoms with Gasteiger partial charge in [0.2, 0.25) is 5.91 Å². The summed E-state index contributed by atoms with van der Waals surface area (Å²) in [5.74, 6) is 2.18. The van der Waals surface area contributed by atoms with E-state index in [9.17, 15) is 9.59 Å². The van der Waals surface area contributed by atoms with Gasteiger partial charge in [0.15, 0.2) is 5.78 Å². The molecule has 10 atom stereocenters. The van der Waals surface area contributed by atoms with Crippen molar-refractivity contribution in [2.45, 2.75) is 163 Å². The van der Waals surface area contributed by atoms with E-state index in [2.05, 4.69) is 95.9 Å². The average Bonchev–Trinajstić information content (AvgIpc) is 3.25. The summed E-state index contributed by atoms with van der Waals surface area (Å²) >= 11 is 0. The van der Waals surface area contributed by atoms with Crippen LogP contribution in [0.2, 0.25) is 0 Å². The van der Waals surface area contributed by atoms with Gasteiger partial charge in [0.25, 0.3) is 0 Å². The zero-order valence-electron chi connectivity index (χ0n) is 34.1. The van der Waals surface area contributed by atoms with Crippen LogP contribution in [0.3, 0.4) is 0 Å². The van der Waals surface area contributed by atoms with E-state index in [4.69, 9.17) is 4.74 Å². The fourth-order valence-corrected chi connectivity index (χ4v) is 14.5. The van der Waals surface area contributed by atoms with E-state index in [1.54, 1.807) is 0 Å². The van der Waals surface area contributed by atoms with Gasteiger partial charge in [0.05, 0.1) is 6.04 Å². The van der Waals surface area contributed by atoms with Gasteiger partial charge in [0.1, 0.15) is 11.1 Å². The third-order valence-electron chi connectivity index (χ3n) is 17.1. The van der Waals surface area contributed by atoms with Gasteiger partial charge in [-0.2, -0.15) is 0 Å². The number of hydrogen-bond donors (Lipinski definition) is 2. The van der Waals surface area contributed by atoms with Gasteiger partial charge in [-0.05, 0) is 167 Å². The summed E-state index contributed by atoms with van der Waals surface area (Å²) < 4.78 is 5.60. The quantitative estimate of drug-likeness (QED) is 0.308. The standard InChI is InChI=1S/C46H69N2O4/c1-29(2)46(28-30-16-12-11-13-17-30)35-31(36(37(46)49)47-38(50)45(24-15-25-45)48-39(51)52-40(3,4)5)20-26-43(9)32(35)18-19-34-42(8)23-14-22-41(6,7)33(42)21-27-44(34,43)10/h11-13,16-17,22,29,31-36H,14-15,18-21,23-28H2,1-10H3,(H,47,50)(H,48,51)/t31-,32-,33-,34-,35+,36-,42-,43-,44-,46-/m0/s1. The van der Waals surface area contributed by atoms with E-state index in [0.717, 1.165) is 31.6 Å². The molecule has 0 aromatic heterocycles. The molecule has 6 aliphatic carbocycles. The molecular weight excluding hydrogens is 645 g/mol. The number of ether oxygens (including phenoxy) is 1. The van der Waals surface area contributed by atoms with Crippen molar-refractivity contribution in [1.29, 1.82) is 0 Å². The predicted molar refractivity (Wildman–Crippen MR) is 207 cm³/mol. The average molecular weight is 714 g/mol. The van der Waals surface area contributed by atoms with Crippen molar-refractivity contribution in [3.8, 4) is 0 Å². The number of alkyl carbamates (subject to hydrolysis) is 1. The van der Waals surface area contributed by atoms with E-state index in [-0.39, 0.29) is 45.7 Å². The fraction of sp³-hybridized carbons (Fsp3) is 0.783. The Kier molecular flexibility index (Phi) is 9.18. The third kappa shape index (κ3) is 5.55. The van der Waals surface area contributed by atoms with E-state index >= 15 is 4.79 Å². The van der Waals surface area contributed by atoms with Crippen molar-refractivity contribution in [3.63, 3.8) is 0 Å². The highest BCUT2D eigenvalue weighted by Crippen LogP contribution is 2.77. The number of nitrogens with one attached hydrogen (secondary N) is 2. The Bertz CT molecular complexity index is 1560. The van der Waals surface area contributed by atoms with E-state index < -0.39 is 28.7 Å². The van der Waals surface area contributed by atoms with Crippen LogP contribution in [0.5, 0.6) is 0 Å². The lowest BCUT2D eigenvalue weighted by Crippen LogP contribution is -2.66. The van der Waals surface area contributed by atoms with Gasteiger partial charge < -0.3 is 15.4 Å². The molecule has 6 heteroatoms. The molecule has 6 nitrogen and oxygen atoms in total. The summed E-state index contributed by atoms with van der Waals surface area (Å²) in [5.41, 5.74) is -0.171. The fourth-order valence-electron chi connectivity index (χ4n) is 14.5. The van der Waals surface area contributed by atoms with Crippen LogP contribution in [-0.2, 0) is 20.7 Å². The highest BCUT2D eigenvalue weighted by atomic mass is 16.6. The number of carbonyl (C=O) groups is 3. The molecule has 0 aliphatic heterocycles. The molecule has 1 aromatic rings. The first-order chi connectivity index (χ1) is 24.2. The molecule has 0 saturated heterocycles. The minimum absolute atomic E-state index is 0.0783. The minimum Gasteiger partial charge on any atom is -0.444 e. The van der Waals surface area contributed by atoms with Crippen molar-refractivity contribution in [1.82, 2.24) is 10.6 Å². The second kappa shape index (κ2) is 12.6. The Morgan fingerprint density at radius 2 is 1.54 bits per heavy atom. The highest BCUT2D eigenvalue weighted by molar-refractivity contribution is 5.99. The Labute approximate surface area is 315 Å². The number of hydrogen-bond acceptors (Lipinski definition) is 4. The molecule has 0 bridgehead atoms. The maximum Gasteiger partial charge on any atom is 0.408 e. The molecule has 2 amide bonds. The summed E-state index contributed by atoms with van der Waals surface area (Å²) in [6.45, 7) is 23.0. The Hall–Kier alpha value is -2.37. The van der Waals surface area contributed by atoms with Crippen LogP contribution in [0, 0.1) is 69.0 Å². The second-order valence-electron chi connectivity index (χ2n) is 21.2. The molecule has 287 valence electrons. The Morgan fingerprint density at radius 1 is 0.865 bits per heavy atom. The SMILES string of the molecule is CC(C)[C@]1(Cc2ccccc2)C(=O)[C@@H](NC(=O)C2(NC(=O)OC(C)(C)C)CCC2)[C@H]2CC[C@@]3(C)[C@@H](CC[C@H]4[C@@]5(C)CC[CH]C(C)(C)[C@@H]5CC[C@@]43C)[C@@H]21. The van der Waals surface area contributed by atoms with Gasteiger partial charge in [-0.1, -0.05) is 78.8 Å². The summed E-state index contributed by atoms with van der Waals surface area (Å²) in [6, 6.07) is 10.1. The van der Waals surface area contributed by atoms with Crippen LogP contribution in [-0.4, -0.2) is 35.0 Å². The lowest BCUT2D eigenvalue weighted by Gasteiger charge is -2.72. The second-order valence-corrected chi connectivity index (χ2v) is 21.2. The normalized spacial score (nSPS) is 41.8. The number of carbonyl (C=O) groups excluding carboxylic acids is 3. The number of fused-ring (bicyclic) bond motifs is 7. The van der Waals surface area contributed by atoms with Crippen molar-refractivity contribution < 1.29 is 19.1 Å². The van der Waals surface area contributed by atoms with Gasteiger partial charge in [-0.15, -0.1) is 0 Å². The van der Waals surface area contributed by atoms with Crippen LogP contribution in [0.1, 0.15) is 145 Å². The first kappa shape index (κ1) is 37.9. The Balaban J connectivity index is 1.26. The molecule has 6 saturated carbocycles. The molecule has 1 radical (unpaired) electrons. The lowest BCUT2D eigenvalue weighted by molar-refractivity contribution is -0.230. The van der Waals surface area contributed by atoms with Crippen LogP contribution >= 0.6 is 0 Å². The summed E-state index contributed by atoms with van der Waals surface area (Å²) in [7, 11) is 0. The van der Waals surface area contributed by atoms with Crippen molar-refractivity contribution >= 4 is 17.8 Å². The van der Waals surface area contributed by atoms with Gasteiger partial charge in [-0.3, -0.25) is 9.59 Å². The van der Waals surface area contributed by atoms with E-state index in [0.29, 0.717) is 36.5 Å². The molecule has 7 rings (SSSR count). The third-order valence-corrected chi connectivity index (χ3v) is 17.1. The lowest BCUT2D eigenvalue weighted by atomic mass is 9.32. The first-order valence-corrected chi connectivity index (χ1v) is 21.0. The number of Topliss-reactive ketones (excluding diaryl/α,β-unsaturated/α-hetero) is 1.